The summed E-state index contributed by atoms with van der Waals surface area (Å²) in [4.78, 5) is 27.2. The van der Waals surface area contributed by atoms with Gasteiger partial charge in [0, 0.05) is 6.42 Å². The van der Waals surface area contributed by atoms with E-state index in [4.69, 9.17) is 9.57 Å². The van der Waals surface area contributed by atoms with Crippen molar-refractivity contribution in [3.05, 3.63) is 0 Å². The molecule has 0 unspecified atom stereocenters. The Bertz CT molecular complexity index is 259. The van der Waals surface area contributed by atoms with E-state index >= 15 is 0 Å². The van der Waals surface area contributed by atoms with Crippen LogP contribution in [0, 0.1) is 0 Å². The van der Waals surface area contributed by atoms with Crippen LogP contribution in [0.15, 0.2) is 0 Å². The van der Waals surface area contributed by atoms with Crippen LogP contribution in [-0.4, -0.2) is 30.3 Å². The van der Waals surface area contributed by atoms with Crippen molar-refractivity contribution < 1.29 is 19.2 Å². The molecular formula is C9H16N2O4. The number of ether oxygens (including phenoxy) is 1. The molecule has 1 aliphatic heterocycles. The third-order valence-electron chi connectivity index (χ3n) is 1.69. The second-order valence-electron chi connectivity index (χ2n) is 4.30. The van der Waals surface area contributed by atoms with E-state index in [1.807, 2.05) is 0 Å². The minimum Gasteiger partial charge on any atom is -0.444 e. The molecule has 0 aromatic heterocycles. The zero-order chi connectivity index (χ0) is 11.5. The van der Waals surface area contributed by atoms with Gasteiger partial charge >= 0.3 is 6.09 Å². The van der Waals surface area contributed by atoms with Gasteiger partial charge in [0.25, 0.3) is 5.91 Å². The van der Waals surface area contributed by atoms with Crippen molar-refractivity contribution in [3.8, 4) is 0 Å². The lowest BCUT2D eigenvalue weighted by atomic mass is 10.2. The SMILES string of the molecule is CC(C)(C)OC(=O)N[C@@H]1CCONC1=O. The van der Waals surface area contributed by atoms with Gasteiger partial charge < -0.3 is 10.1 Å². The van der Waals surface area contributed by atoms with Gasteiger partial charge in [-0.15, -0.1) is 0 Å². The topological polar surface area (TPSA) is 76.7 Å². The summed E-state index contributed by atoms with van der Waals surface area (Å²) < 4.78 is 5.02. The Kier molecular flexibility index (Phi) is 3.52. The molecule has 1 atom stereocenters. The molecule has 0 bridgehead atoms. The Hall–Kier alpha value is -1.30. The summed E-state index contributed by atoms with van der Waals surface area (Å²) in [5, 5.41) is 2.47. The first-order valence-corrected chi connectivity index (χ1v) is 4.79. The second kappa shape index (κ2) is 4.48. The van der Waals surface area contributed by atoms with Crippen molar-refractivity contribution in [2.75, 3.05) is 6.61 Å². The molecular weight excluding hydrogens is 200 g/mol. The molecule has 1 aliphatic rings. The molecule has 1 fully saturated rings. The Morgan fingerprint density at radius 1 is 1.60 bits per heavy atom. The first kappa shape index (κ1) is 11.8. The van der Waals surface area contributed by atoms with Gasteiger partial charge in [0.2, 0.25) is 0 Å². The van der Waals surface area contributed by atoms with E-state index in [0.717, 1.165) is 0 Å². The zero-order valence-corrected chi connectivity index (χ0v) is 9.12. The fourth-order valence-electron chi connectivity index (χ4n) is 1.09. The highest BCUT2D eigenvalue weighted by Gasteiger charge is 2.26. The van der Waals surface area contributed by atoms with E-state index < -0.39 is 17.7 Å². The summed E-state index contributed by atoms with van der Waals surface area (Å²) in [6.45, 7) is 5.66. The lowest BCUT2D eigenvalue weighted by Crippen LogP contribution is -2.51. The molecule has 0 radical (unpaired) electrons. The van der Waals surface area contributed by atoms with Gasteiger partial charge in [-0.25, -0.2) is 10.3 Å². The van der Waals surface area contributed by atoms with Crippen molar-refractivity contribution in [2.24, 2.45) is 0 Å². The number of carbonyl (C=O) groups is 2. The average Bonchev–Trinajstić information content (AvgIpc) is 2.05. The highest BCUT2D eigenvalue weighted by atomic mass is 16.7. The van der Waals surface area contributed by atoms with Gasteiger partial charge in [-0.3, -0.25) is 9.63 Å². The predicted octanol–water partition coefficient (Wildman–Crippen LogP) is 0.331. The molecule has 2 N–H and O–H groups in total. The summed E-state index contributed by atoms with van der Waals surface area (Å²) >= 11 is 0. The molecule has 2 amide bonds. The number of amides is 2. The molecule has 6 heteroatoms. The summed E-state index contributed by atoms with van der Waals surface area (Å²) in [6.07, 6.45) is -0.144. The Labute approximate surface area is 88.3 Å². The average molecular weight is 216 g/mol. The molecule has 15 heavy (non-hydrogen) atoms. The van der Waals surface area contributed by atoms with Crippen LogP contribution in [0.3, 0.4) is 0 Å². The molecule has 0 saturated carbocycles. The van der Waals surface area contributed by atoms with Gasteiger partial charge in [0.05, 0.1) is 6.61 Å². The van der Waals surface area contributed by atoms with Gasteiger partial charge in [0.15, 0.2) is 0 Å². The molecule has 86 valence electrons. The van der Waals surface area contributed by atoms with Crippen molar-refractivity contribution in [2.45, 2.75) is 38.8 Å². The number of hydrogen-bond acceptors (Lipinski definition) is 4. The van der Waals surface area contributed by atoms with E-state index in [0.29, 0.717) is 13.0 Å². The minimum absolute atomic E-state index is 0.355. The number of hydrogen-bond donors (Lipinski definition) is 2. The largest absolute Gasteiger partial charge is 0.444 e. The van der Waals surface area contributed by atoms with E-state index in [1.165, 1.54) is 0 Å². The monoisotopic (exact) mass is 216 g/mol. The lowest BCUT2D eigenvalue weighted by Gasteiger charge is -2.25. The predicted molar refractivity (Wildman–Crippen MR) is 51.9 cm³/mol. The van der Waals surface area contributed by atoms with E-state index in [1.54, 1.807) is 20.8 Å². The summed E-state index contributed by atoms with van der Waals surface area (Å²) in [7, 11) is 0. The number of alkyl carbamates (subject to hydrolysis) is 1. The fourth-order valence-corrected chi connectivity index (χ4v) is 1.09. The van der Waals surface area contributed by atoms with Crippen molar-refractivity contribution >= 4 is 12.0 Å². The molecule has 0 aromatic carbocycles. The Morgan fingerprint density at radius 3 is 2.80 bits per heavy atom. The number of carbonyl (C=O) groups excluding carboxylic acids is 2. The zero-order valence-electron chi connectivity index (χ0n) is 9.12. The Morgan fingerprint density at radius 2 is 2.27 bits per heavy atom. The summed E-state index contributed by atoms with van der Waals surface area (Å²) in [5.74, 6) is -0.355. The maximum absolute atomic E-state index is 11.3. The third-order valence-corrected chi connectivity index (χ3v) is 1.69. The maximum Gasteiger partial charge on any atom is 0.408 e. The van der Waals surface area contributed by atoms with E-state index in [2.05, 4.69) is 10.8 Å². The van der Waals surface area contributed by atoms with Crippen LogP contribution in [-0.2, 0) is 14.4 Å². The van der Waals surface area contributed by atoms with Crippen LogP contribution in [0.5, 0.6) is 0 Å². The molecule has 0 spiro atoms. The van der Waals surface area contributed by atoms with Crippen molar-refractivity contribution in [1.29, 1.82) is 0 Å². The normalized spacial score (nSPS) is 21.8. The number of nitrogens with one attached hydrogen (secondary N) is 2. The molecule has 6 nitrogen and oxygen atoms in total. The van der Waals surface area contributed by atoms with Gasteiger partial charge in [-0.2, -0.15) is 0 Å². The standard InChI is InChI=1S/C9H16N2O4/c1-9(2,3)15-8(13)10-6-4-5-14-11-7(6)12/h6H,4-5H2,1-3H3,(H,10,13)(H,11,12)/t6-/m1/s1. The highest BCUT2D eigenvalue weighted by molar-refractivity contribution is 5.85. The van der Waals surface area contributed by atoms with Gasteiger partial charge in [-0.1, -0.05) is 0 Å². The van der Waals surface area contributed by atoms with Crippen LogP contribution in [0.2, 0.25) is 0 Å². The highest BCUT2D eigenvalue weighted by Crippen LogP contribution is 2.07. The first-order valence-electron chi connectivity index (χ1n) is 4.79. The van der Waals surface area contributed by atoms with Crippen LogP contribution >= 0.6 is 0 Å². The van der Waals surface area contributed by atoms with E-state index in [-0.39, 0.29) is 5.91 Å². The van der Waals surface area contributed by atoms with Gasteiger partial charge in [0.1, 0.15) is 11.6 Å². The van der Waals surface area contributed by atoms with Crippen molar-refractivity contribution in [3.63, 3.8) is 0 Å². The van der Waals surface area contributed by atoms with Gasteiger partial charge in [-0.05, 0) is 20.8 Å². The smallest absolute Gasteiger partial charge is 0.408 e. The van der Waals surface area contributed by atoms with Crippen LogP contribution < -0.4 is 10.8 Å². The van der Waals surface area contributed by atoms with Crippen LogP contribution in [0.1, 0.15) is 27.2 Å². The molecule has 0 aliphatic carbocycles. The number of hydroxylamine groups is 1. The maximum atomic E-state index is 11.3. The van der Waals surface area contributed by atoms with Crippen LogP contribution in [0.25, 0.3) is 0 Å². The molecule has 1 heterocycles. The summed E-state index contributed by atoms with van der Waals surface area (Å²) in [5.41, 5.74) is 1.63. The van der Waals surface area contributed by atoms with Crippen molar-refractivity contribution in [1.82, 2.24) is 10.8 Å². The van der Waals surface area contributed by atoms with E-state index in [9.17, 15) is 9.59 Å². The minimum atomic E-state index is -0.593. The first-order chi connectivity index (χ1) is 6.88. The third kappa shape index (κ3) is 4.16. The molecule has 1 saturated heterocycles. The summed E-state index contributed by atoms with van der Waals surface area (Å²) in [6, 6.07) is -0.575. The second-order valence-corrected chi connectivity index (χ2v) is 4.30. The fraction of sp³-hybridized carbons (Fsp3) is 0.778. The number of rotatable bonds is 1. The lowest BCUT2D eigenvalue weighted by molar-refractivity contribution is -0.142. The Balaban J connectivity index is 2.40. The van der Waals surface area contributed by atoms with Crippen LogP contribution in [0.4, 0.5) is 4.79 Å². The molecule has 0 aromatic rings. The molecule has 1 rings (SSSR count). The quantitative estimate of drug-likeness (QED) is 0.662.